The summed E-state index contributed by atoms with van der Waals surface area (Å²) in [4.78, 5) is 0. The Morgan fingerprint density at radius 3 is 0.778 bits per heavy atom. The van der Waals surface area contributed by atoms with Gasteiger partial charge in [-0.05, 0) is 0 Å². The molecule has 0 aromatic carbocycles. The molecule has 0 fully saturated rings. The minimum Gasteiger partial charge on any atom is 0 e. The van der Waals surface area contributed by atoms with Crippen LogP contribution in [0.5, 0.6) is 0 Å². The third-order valence-electron chi connectivity index (χ3n) is 1.52. The fourth-order valence-electron chi connectivity index (χ4n) is 1.32. The Morgan fingerprint density at radius 2 is 0.667 bits per heavy atom. The second-order valence-electron chi connectivity index (χ2n) is 5.17. The van der Waals surface area contributed by atoms with E-state index in [9.17, 15) is 0 Å². The summed E-state index contributed by atoms with van der Waals surface area (Å²) in [5.41, 5.74) is 0. The fourth-order valence-corrected chi connectivity index (χ4v) is 5.45. The minimum absolute atomic E-state index is 0. The van der Waals surface area contributed by atoms with Crippen LogP contribution in [0.4, 0.5) is 0 Å². The number of hydrogen-bond acceptors (Lipinski definition) is 4. The molecule has 0 aromatic rings. The van der Waals surface area contributed by atoms with Crippen LogP contribution in [-0.4, -0.2) is 48.3 Å². The zero-order valence-corrected chi connectivity index (χ0v) is 17.4. The van der Waals surface area contributed by atoms with Crippen molar-refractivity contribution in [1.29, 1.82) is 0 Å². The minimum atomic E-state index is -3.62. The topological polar surface area (TPSA) is 36.9 Å². The average Bonchev–Trinajstić information content (AvgIpc) is 1.95. The van der Waals surface area contributed by atoms with Gasteiger partial charge in [-0.3, -0.25) is 0 Å². The molecule has 0 unspecified atom stereocenters. The monoisotopic (exact) mass is 404 g/mol. The summed E-state index contributed by atoms with van der Waals surface area (Å²) >= 11 is -3.62. The third kappa shape index (κ3) is 10.2. The Hall–Kier alpha value is 1.35. The summed E-state index contributed by atoms with van der Waals surface area (Å²) in [7, 11) is 0. The molecule has 0 atom stereocenters. The molecule has 0 saturated heterocycles. The van der Waals surface area contributed by atoms with Gasteiger partial charge in [0.15, 0.2) is 0 Å². The van der Waals surface area contributed by atoms with Gasteiger partial charge in [-0.2, -0.15) is 0 Å². The molecule has 4 nitrogen and oxygen atoms in total. The summed E-state index contributed by atoms with van der Waals surface area (Å²) in [6.45, 7) is 15.8. The van der Waals surface area contributed by atoms with Crippen LogP contribution in [0.2, 0.25) is 0 Å². The molecule has 0 bridgehead atoms. The van der Waals surface area contributed by atoms with Crippen LogP contribution in [0.15, 0.2) is 0 Å². The van der Waals surface area contributed by atoms with Gasteiger partial charge in [0.1, 0.15) is 0 Å². The summed E-state index contributed by atoms with van der Waals surface area (Å²) in [5, 5.41) is 0. The van der Waals surface area contributed by atoms with Gasteiger partial charge in [-0.1, -0.05) is 0 Å². The predicted octanol–water partition coefficient (Wildman–Crippen LogP) is 3.12. The van der Waals surface area contributed by atoms with Crippen LogP contribution in [-0.2, 0) is 31.4 Å². The Kier molecular flexibility index (Phi) is 12.2. The van der Waals surface area contributed by atoms with E-state index < -0.39 is 18.1 Å². The Labute approximate surface area is 134 Å². The van der Waals surface area contributed by atoms with Crippen molar-refractivity contribution in [3.63, 3.8) is 0 Å². The zero-order valence-electron chi connectivity index (χ0n) is 12.9. The molecule has 4 radical (unpaired) electrons. The van der Waals surface area contributed by atoms with Crippen LogP contribution in [0.1, 0.15) is 55.4 Å². The van der Waals surface area contributed by atoms with Crippen molar-refractivity contribution in [2.24, 2.45) is 0 Å². The van der Waals surface area contributed by atoms with E-state index in [4.69, 9.17) is 13.3 Å². The Bertz CT molecular complexity index is 165. The first-order valence-corrected chi connectivity index (χ1v) is 8.93. The molecule has 0 saturated carbocycles. The van der Waals surface area contributed by atoms with Crippen LogP contribution in [0, 0.1) is 0 Å². The van der Waals surface area contributed by atoms with E-state index in [1.807, 2.05) is 55.4 Å². The molecule has 18 heavy (non-hydrogen) atoms. The van der Waals surface area contributed by atoms with Crippen molar-refractivity contribution in [2.75, 3.05) is 0 Å². The van der Waals surface area contributed by atoms with Gasteiger partial charge in [-0.15, -0.1) is 0 Å². The van der Waals surface area contributed by atoms with Crippen molar-refractivity contribution < 1.29 is 31.4 Å². The van der Waals surface area contributed by atoms with Gasteiger partial charge < -0.3 is 0 Å². The molecule has 0 aliphatic carbocycles. The van der Waals surface area contributed by atoms with Gasteiger partial charge in [0.05, 0.1) is 0 Å². The van der Waals surface area contributed by atoms with Gasteiger partial charge in [0, 0.05) is 23.9 Å². The molecule has 0 rings (SSSR count). The average molecular weight is 403 g/mol. The normalized spacial score (nSPS) is 12.7. The number of hydrogen-bond donors (Lipinski definition) is 0. The van der Waals surface area contributed by atoms with Crippen LogP contribution < -0.4 is 0 Å². The molecule has 0 aliphatic rings. The van der Waals surface area contributed by atoms with E-state index in [-0.39, 0.29) is 48.3 Å². The summed E-state index contributed by atoms with van der Waals surface area (Å²) in [5.74, 6) is 0. The van der Waals surface area contributed by atoms with Crippen molar-refractivity contribution in [3.8, 4) is 0 Å². The SMILES string of the molecule is CC(C)[O][Ti]([O]C(C)C)([O]C(C)C)[O]C(C)C.[Sn]. The first-order valence-electron chi connectivity index (χ1n) is 6.38. The molecular formula is C12H28O4SnTi. The van der Waals surface area contributed by atoms with E-state index in [2.05, 4.69) is 0 Å². The largest absolute Gasteiger partial charge is 0 e. The van der Waals surface area contributed by atoms with Crippen LogP contribution in [0.25, 0.3) is 0 Å². The van der Waals surface area contributed by atoms with Gasteiger partial charge >= 0.3 is 111 Å². The van der Waals surface area contributed by atoms with Crippen molar-refractivity contribution in [2.45, 2.75) is 79.8 Å². The molecule has 0 N–H and O–H groups in total. The zero-order chi connectivity index (χ0) is 13.6. The molecule has 0 heterocycles. The predicted molar refractivity (Wildman–Crippen MR) is 70.6 cm³/mol. The molecule has 0 aliphatic heterocycles. The fraction of sp³-hybridized carbons (Fsp3) is 1.00. The molecule has 0 amide bonds. The van der Waals surface area contributed by atoms with Crippen LogP contribution >= 0.6 is 0 Å². The van der Waals surface area contributed by atoms with Gasteiger partial charge in [0.2, 0.25) is 0 Å². The standard InChI is InChI=1S/4C3H7O.Sn.Ti/c4*1-3(2)4;;/h4*3H,1-2H3;;/q4*-1;;+4. The van der Waals surface area contributed by atoms with Crippen molar-refractivity contribution >= 4 is 23.9 Å². The van der Waals surface area contributed by atoms with Crippen molar-refractivity contribution in [1.82, 2.24) is 0 Å². The van der Waals surface area contributed by atoms with E-state index in [1.165, 1.54) is 0 Å². The van der Waals surface area contributed by atoms with E-state index in [0.717, 1.165) is 0 Å². The summed E-state index contributed by atoms with van der Waals surface area (Å²) in [6, 6.07) is 0. The summed E-state index contributed by atoms with van der Waals surface area (Å²) < 4.78 is 23.6. The van der Waals surface area contributed by atoms with E-state index in [1.54, 1.807) is 0 Å². The second kappa shape index (κ2) is 10.1. The molecule has 6 heteroatoms. The van der Waals surface area contributed by atoms with E-state index in [0.29, 0.717) is 0 Å². The maximum Gasteiger partial charge on any atom is 0 e. The van der Waals surface area contributed by atoms with Crippen LogP contribution in [0.3, 0.4) is 0 Å². The number of rotatable bonds is 8. The first-order chi connectivity index (χ1) is 7.67. The van der Waals surface area contributed by atoms with Crippen molar-refractivity contribution in [3.05, 3.63) is 0 Å². The second-order valence-corrected chi connectivity index (χ2v) is 8.20. The molecule has 108 valence electrons. The smallest absolute Gasteiger partial charge is 0 e. The van der Waals surface area contributed by atoms with Gasteiger partial charge in [0.25, 0.3) is 0 Å². The van der Waals surface area contributed by atoms with Gasteiger partial charge in [-0.25, -0.2) is 0 Å². The van der Waals surface area contributed by atoms with E-state index >= 15 is 0 Å². The first kappa shape index (κ1) is 21.6. The molecular weight excluding hydrogens is 375 g/mol. The maximum atomic E-state index is 5.89. The molecule has 0 spiro atoms. The third-order valence-corrected chi connectivity index (χ3v) is 6.27. The Balaban J connectivity index is 0. The Morgan fingerprint density at radius 1 is 0.500 bits per heavy atom. The maximum absolute atomic E-state index is 5.89. The quantitative estimate of drug-likeness (QED) is 0.584. The summed E-state index contributed by atoms with van der Waals surface area (Å²) in [6.07, 6.45) is 0.134. The molecule has 0 aromatic heterocycles.